The highest BCUT2D eigenvalue weighted by Gasteiger charge is 2.37. The predicted molar refractivity (Wildman–Crippen MR) is 141 cm³/mol. The van der Waals surface area contributed by atoms with E-state index in [2.05, 4.69) is 5.16 Å². The van der Waals surface area contributed by atoms with Crippen molar-refractivity contribution >= 4 is 46.5 Å². The van der Waals surface area contributed by atoms with Gasteiger partial charge in [0, 0.05) is 52.1 Å². The molecule has 0 N–H and O–H groups in total. The van der Waals surface area contributed by atoms with E-state index in [-0.39, 0.29) is 23.6 Å². The minimum Gasteiger partial charge on any atom is -0.318 e. The number of rotatable bonds is 8. The van der Waals surface area contributed by atoms with Crippen LogP contribution in [0.15, 0.2) is 70.7 Å². The lowest BCUT2D eigenvalue weighted by atomic mass is 9.81. The number of carbonyl (C=O) groups excluding carboxylic acids is 2. The van der Waals surface area contributed by atoms with Crippen LogP contribution in [0.4, 0.5) is 5.69 Å². The van der Waals surface area contributed by atoms with Gasteiger partial charge in [-0.1, -0.05) is 42.7 Å². The second-order valence-corrected chi connectivity index (χ2v) is 10.5. The molecule has 0 aromatic heterocycles. The van der Waals surface area contributed by atoms with Gasteiger partial charge in [-0.2, -0.15) is 0 Å². The van der Waals surface area contributed by atoms with Crippen LogP contribution >= 0.6 is 23.4 Å². The fraction of sp³-hybridized carbons (Fsp3) is 0.222. The molecule has 1 aliphatic rings. The van der Waals surface area contributed by atoms with Gasteiger partial charge in [0.25, 0.3) is 5.69 Å². The van der Waals surface area contributed by atoms with Crippen molar-refractivity contribution < 1.29 is 19.3 Å². The molecule has 3 aromatic carbocycles. The number of nitrogens with zero attached hydrogens (tertiary/aromatic N) is 2. The van der Waals surface area contributed by atoms with Crippen LogP contribution in [0.5, 0.6) is 0 Å². The third-order valence-electron chi connectivity index (χ3n) is 6.10. The molecule has 7 nitrogen and oxygen atoms in total. The second kappa shape index (κ2) is 10.2. The van der Waals surface area contributed by atoms with Crippen LogP contribution < -0.4 is 0 Å². The first-order valence-corrected chi connectivity index (χ1v) is 12.6. The highest BCUT2D eigenvalue weighted by molar-refractivity contribution is 7.99. The number of hydrogen-bond acceptors (Lipinski definition) is 7. The molecule has 0 unspecified atom stereocenters. The van der Waals surface area contributed by atoms with Gasteiger partial charge in [0.2, 0.25) is 5.78 Å². The number of benzene rings is 3. The average Bonchev–Trinajstić information content (AvgIpc) is 3.07. The number of hydrogen-bond donors (Lipinski definition) is 0. The molecule has 0 saturated carbocycles. The predicted octanol–water partition coefficient (Wildman–Crippen LogP) is 6.84. The van der Waals surface area contributed by atoms with Gasteiger partial charge >= 0.3 is 5.97 Å². The Morgan fingerprint density at radius 2 is 1.67 bits per heavy atom. The Morgan fingerprint density at radius 3 is 2.31 bits per heavy atom. The van der Waals surface area contributed by atoms with E-state index in [1.807, 2.05) is 32.0 Å². The summed E-state index contributed by atoms with van der Waals surface area (Å²) in [5.74, 6) is -0.412. The van der Waals surface area contributed by atoms with Crippen molar-refractivity contribution in [2.24, 2.45) is 5.16 Å². The molecule has 0 spiro atoms. The number of thioether (sulfide) groups is 1. The number of nitro groups is 1. The van der Waals surface area contributed by atoms with E-state index in [0.29, 0.717) is 16.3 Å². The normalized spacial score (nSPS) is 13.6. The highest BCUT2D eigenvalue weighted by Crippen LogP contribution is 2.49. The van der Waals surface area contributed by atoms with Crippen molar-refractivity contribution in [1.29, 1.82) is 0 Å². The van der Waals surface area contributed by atoms with Gasteiger partial charge in [-0.15, -0.1) is 11.8 Å². The van der Waals surface area contributed by atoms with Crippen LogP contribution in [0.25, 0.3) is 11.1 Å². The van der Waals surface area contributed by atoms with Gasteiger partial charge in [-0.05, 0) is 58.7 Å². The Kier molecular flexibility index (Phi) is 7.28. The van der Waals surface area contributed by atoms with Crippen LogP contribution in [-0.2, 0) is 15.0 Å². The van der Waals surface area contributed by atoms with E-state index in [1.165, 1.54) is 24.8 Å². The van der Waals surface area contributed by atoms with Crippen LogP contribution in [0.1, 0.15) is 48.7 Å². The molecule has 4 rings (SSSR count). The summed E-state index contributed by atoms with van der Waals surface area (Å²) in [6.07, 6.45) is 0.284. The maximum absolute atomic E-state index is 13.4. The Morgan fingerprint density at radius 1 is 1.03 bits per heavy atom. The van der Waals surface area contributed by atoms with E-state index in [1.54, 1.807) is 36.4 Å². The summed E-state index contributed by atoms with van der Waals surface area (Å²) >= 11 is 7.47. The minimum absolute atomic E-state index is 0.0277. The molecular weight excluding hydrogens is 500 g/mol. The van der Waals surface area contributed by atoms with Crippen LogP contribution in [0.2, 0.25) is 5.02 Å². The first kappa shape index (κ1) is 25.6. The number of fused-ring (bicyclic) bond motifs is 3. The van der Waals surface area contributed by atoms with Crippen molar-refractivity contribution in [3.8, 4) is 11.1 Å². The van der Waals surface area contributed by atoms with Gasteiger partial charge in [0.05, 0.1) is 4.92 Å². The number of nitro benzene ring substituents is 1. The van der Waals surface area contributed by atoms with Gasteiger partial charge in [-0.25, -0.2) is 4.79 Å². The number of ketones is 1. The zero-order valence-electron chi connectivity index (χ0n) is 19.9. The number of oxime groups is 1. The SMILES string of the molecule is CC(=O)O/N=C(\CCSc1ccc(Cl)cc1)C(=O)c1ccc2c(c1)C(C)(C)c1cc([N+](=O)[O-])ccc1-2. The maximum Gasteiger partial charge on any atom is 0.331 e. The van der Waals surface area contributed by atoms with E-state index >= 15 is 0 Å². The van der Waals surface area contributed by atoms with Gasteiger partial charge in [0.15, 0.2) is 0 Å². The maximum atomic E-state index is 13.4. The Labute approximate surface area is 217 Å². The standard InChI is InChI=1S/C27H23ClN2O5S/c1-16(31)35-29-25(12-13-36-20-8-5-18(28)6-9-20)26(32)17-4-10-21-22-11-7-19(30(33)34)15-24(22)27(2,3)23(21)14-17/h4-11,14-15H,12-13H2,1-3H3/b29-25+. The fourth-order valence-electron chi connectivity index (χ4n) is 4.26. The molecule has 0 atom stereocenters. The highest BCUT2D eigenvalue weighted by atomic mass is 35.5. The van der Waals surface area contributed by atoms with Crippen LogP contribution in [-0.4, -0.2) is 28.1 Å². The Hall–Kier alpha value is -3.49. The van der Waals surface area contributed by atoms with Crippen molar-refractivity contribution in [2.75, 3.05) is 5.75 Å². The molecular formula is C27H23ClN2O5S. The molecule has 0 radical (unpaired) electrons. The lowest BCUT2D eigenvalue weighted by Gasteiger charge is -2.21. The zero-order valence-corrected chi connectivity index (χ0v) is 21.5. The summed E-state index contributed by atoms with van der Waals surface area (Å²) in [5.41, 5.74) is 3.61. The third kappa shape index (κ3) is 5.20. The summed E-state index contributed by atoms with van der Waals surface area (Å²) in [6, 6.07) is 17.6. The molecule has 0 heterocycles. The lowest BCUT2D eigenvalue weighted by Crippen LogP contribution is -2.19. The summed E-state index contributed by atoms with van der Waals surface area (Å²) in [4.78, 5) is 41.5. The number of Topliss-reactive ketones (excluding diaryl/α,β-unsaturated/α-hetero) is 1. The quantitative estimate of drug-likeness (QED) is 0.0801. The molecule has 9 heteroatoms. The first-order valence-electron chi connectivity index (χ1n) is 11.2. The van der Waals surface area contributed by atoms with E-state index in [4.69, 9.17) is 16.4 Å². The van der Waals surface area contributed by atoms with Crippen molar-refractivity contribution in [1.82, 2.24) is 0 Å². The largest absolute Gasteiger partial charge is 0.331 e. The Balaban J connectivity index is 1.60. The molecule has 1 aliphatic carbocycles. The Bertz CT molecular complexity index is 1400. The number of carbonyl (C=O) groups is 2. The lowest BCUT2D eigenvalue weighted by molar-refractivity contribution is -0.384. The van der Waals surface area contributed by atoms with E-state index in [0.717, 1.165) is 27.1 Å². The monoisotopic (exact) mass is 522 g/mol. The molecule has 0 aliphatic heterocycles. The van der Waals surface area contributed by atoms with Gasteiger partial charge < -0.3 is 4.84 Å². The van der Waals surface area contributed by atoms with Crippen molar-refractivity contribution in [3.05, 3.63) is 92.5 Å². The topological polar surface area (TPSA) is 98.9 Å². The molecule has 36 heavy (non-hydrogen) atoms. The first-order chi connectivity index (χ1) is 17.1. The van der Waals surface area contributed by atoms with Crippen LogP contribution in [0, 0.1) is 10.1 Å². The average molecular weight is 523 g/mol. The molecule has 3 aromatic rings. The third-order valence-corrected chi connectivity index (χ3v) is 7.37. The van der Waals surface area contributed by atoms with Gasteiger partial charge in [0.1, 0.15) is 5.71 Å². The summed E-state index contributed by atoms with van der Waals surface area (Å²) < 4.78 is 0. The number of non-ortho nitro benzene ring substituents is 1. The molecule has 0 fully saturated rings. The minimum atomic E-state index is -0.613. The number of halogens is 1. The smallest absolute Gasteiger partial charge is 0.318 e. The zero-order chi connectivity index (χ0) is 26.0. The molecule has 0 saturated heterocycles. The summed E-state index contributed by atoms with van der Waals surface area (Å²) in [5, 5.41) is 15.8. The second-order valence-electron chi connectivity index (χ2n) is 8.87. The van der Waals surface area contributed by atoms with Crippen molar-refractivity contribution in [3.63, 3.8) is 0 Å². The molecule has 0 amide bonds. The molecule has 0 bridgehead atoms. The van der Waals surface area contributed by atoms with E-state index in [9.17, 15) is 19.7 Å². The summed E-state index contributed by atoms with van der Waals surface area (Å²) in [6.45, 7) is 5.18. The fourth-order valence-corrected chi connectivity index (χ4v) is 5.25. The van der Waals surface area contributed by atoms with Crippen molar-refractivity contribution in [2.45, 2.75) is 37.5 Å². The van der Waals surface area contributed by atoms with Crippen LogP contribution in [0.3, 0.4) is 0 Å². The molecule has 184 valence electrons. The summed E-state index contributed by atoms with van der Waals surface area (Å²) in [7, 11) is 0. The van der Waals surface area contributed by atoms with E-state index < -0.39 is 16.3 Å². The van der Waals surface area contributed by atoms with Gasteiger partial charge in [-0.3, -0.25) is 14.9 Å².